The summed E-state index contributed by atoms with van der Waals surface area (Å²) in [5.41, 5.74) is 1.89. The predicted molar refractivity (Wildman–Crippen MR) is 97.1 cm³/mol. The average molecular weight is 340 g/mol. The molecule has 2 rings (SSSR count). The van der Waals surface area contributed by atoms with Crippen molar-refractivity contribution in [2.24, 2.45) is 0 Å². The molecule has 0 aliphatic rings. The fourth-order valence-corrected chi connectivity index (χ4v) is 2.69. The van der Waals surface area contributed by atoms with Crippen LogP contribution in [-0.2, 0) is 16.1 Å². The van der Waals surface area contributed by atoms with Crippen LogP contribution in [0.1, 0.15) is 31.0 Å². The van der Waals surface area contributed by atoms with Gasteiger partial charge in [0.05, 0.1) is 13.2 Å². The largest absolute Gasteiger partial charge is 0.496 e. The summed E-state index contributed by atoms with van der Waals surface area (Å²) in [7, 11) is 1.60. The van der Waals surface area contributed by atoms with Crippen molar-refractivity contribution in [2.45, 2.75) is 26.4 Å². The Morgan fingerprint density at radius 3 is 2.36 bits per heavy atom. The molecule has 0 fully saturated rings. The van der Waals surface area contributed by atoms with Crippen LogP contribution in [0, 0.1) is 0 Å². The topological polar surface area (TPSA) is 58.6 Å². The van der Waals surface area contributed by atoms with E-state index in [1.807, 2.05) is 61.5 Å². The molecule has 1 N–H and O–H groups in total. The summed E-state index contributed by atoms with van der Waals surface area (Å²) in [6, 6.07) is 17.0. The molecule has 2 aromatic rings. The number of hydrogen-bond acceptors (Lipinski definition) is 3. The molecule has 2 amide bonds. The van der Waals surface area contributed by atoms with Crippen LogP contribution in [0.4, 0.5) is 0 Å². The molecule has 25 heavy (non-hydrogen) atoms. The molecule has 0 heterocycles. The first-order valence-electron chi connectivity index (χ1n) is 8.23. The number of nitrogens with zero attached hydrogens (tertiary/aromatic N) is 1. The van der Waals surface area contributed by atoms with Gasteiger partial charge in [0.2, 0.25) is 11.8 Å². The second-order valence-electron chi connectivity index (χ2n) is 5.82. The smallest absolute Gasteiger partial charge is 0.239 e. The lowest BCUT2D eigenvalue weighted by Gasteiger charge is -2.28. The van der Waals surface area contributed by atoms with Gasteiger partial charge in [0.1, 0.15) is 12.3 Å². The minimum atomic E-state index is -0.205. The van der Waals surface area contributed by atoms with E-state index >= 15 is 0 Å². The molecule has 1 atom stereocenters. The van der Waals surface area contributed by atoms with Crippen LogP contribution in [0.3, 0.4) is 0 Å². The molecule has 5 heteroatoms. The minimum absolute atomic E-state index is 0.0144. The van der Waals surface area contributed by atoms with Gasteiger partial charge >= 0.3 is 0 Å². The highest BCUT2D eigenvalue weighted by Gasteiger charge is 2.21. The number of rotatable bonds is 7. The van der Waals surface area contributed by atoms with Crippen molar-refractivity contribution in [3.63, 3.8) is 0 Å². The third kappa shape index (κ3) is 5.08. The average Bonchev–Trinajstić information content (AvgIpc) is 2.64. The fraction of sp³-hybridized carbons (Fsp3) is 0.300. The Kier molecular flexibility index (Phi) is 6.57. The molecule has 0 spiro atoms. The van der Waals surface area contributed by atoms with Gasteiger partial charge in [-0.3, -0.25) is 9.59 Å². The summed E-state index contributed by atoms with van der Waals surface area (Å²) >= 11 is 0. The zero-order chi connectivity index (χ0) is 18.2. The highest BCUT2D eigenvalue weighted by atomic mass is 16.5. The van der Waals surface area contributed by atoms with E-state index in [-0.39, 0.29) is 24.4 Å². The van der Waals surface area contributed by atoms with E-state index in [2.05, 4.69) is 5.32 Å². The Hall–Kier alpha value is -2.82. The van der Waals surface area contributed by atoms with Gasteiger partial charge in [-0.05, 0) is 18.6 Å². The van der Waals surface area contributed by atoms with Crippen LogP contribution in [0.5, 0.6) is 5.75 Å². The summed E-state index contributed by atoms with van der Waals surface area (Å²) in [5.74, 6) is 0.386. The van der Waals surface area contributed by atoms with Crippen molar-refractivity contribution in [3.05, 3.63) is 65.7 Å². The Balaban J connectivity index is 2.00. The van der Waals surface area contributed by atoms with Crippen LogP contribution >= 0.6 is 0 Å². The summed E-state index contributed by atoms with van der Waals surface area (Å²) in [6.07, 6.45) is 0. The van der Waals surface area contributed by atoms with Gasteiger partial charge in [-0.1, -0.05) is 48.5 Å². The van der Waals surface area contributed by atoms with Crippen molar-refractivity contribution >= 4 is 11.8 Å². The standard InChI is InChI=1S/C20H24N2O3/c1-15(17-9-5-4-6-10-17)22(16(2)23)14-20(24)21-13-18-11-7-8-12-19(18)25-3/h4-12,15H,13-14H2,1-3H3,(H,21,24). The van der Waals surface area contributed by atoms with E-state index in [9.17, 15) is 9.59 Å². The summed E-state index contributed by atoms with van der Waals surface area (Å²) < 4.78 is 5.28. The van der Waals surface area contributed by atoms with E-state index in [0.29, 0.717) is 6.54 Å². The van der Waals surface area contributed by atoms with E-state index in [0.717, 1.165) is 16.9 Å². The lowest BCUT2D eigenvalue weighted by Crippen LogP contribution is -2.40. The molecular weight excluding hydrogens is 316 g/mol. The molecule has 0 bridgehead atoms. The molecule has 0 aromatic heterocycles. The third-order valence-corrected chi connectivity index (χ3v) is 4.14. The van der Waals surface area contributed by atoms with Crippen LogP contribution in [0.25, 0.3) is 0 Å². The number of carbonyl (C=O) groups is 2. The maximum Gasteiger partial charge on any atom is 0.239 e. The van der Waals surface area contributed by atoms with Crippen molar-refractivity contribution in [2.75, 3.05) is 13.7 Å². The van der Waals surface area contributed by atoms with Gasteiger partial charge in [0, 0.05) is 19.0 Å². The number of nitrogens with one attached hydrogen (secondary N) is 1. The number of para-hydroxylation sites is 1. The molecule has 0 saturated heterocycles. The number of benzene rings is 2. The van der Waals surface area contributed by atoms with Crippen molar-refractivity contribution in [1.29, 1.82) is 0 Å². The fourth-order valence-electron chi connectivity index (χ4n) is 2.69. The van der Waals surface area contributed by atoms with Crippen molar-refractivity contribution < 1.29 is 14.3 Å². The Bertz CT molecular complexity index is 716. The van der Waals surface area contributed by atoms with Crippen LogP contribution in [0.2, 0.25) is 0 Å². The molecule has 1 unspecified atom stereocenters. The lowest BCUT2D eigenvalue weighted by atomic mass is 10.1. The van der Waals surface area contributed by atoms with Crippen LogP contribution in [-0.4, -0.2) is 30.4 Å². The van der Waals surface area contributed by atoms with Gasteiger partial charge in [0.25, 0.3) is 0 Å². The van der Waals surface area contributed by atoms with Gasteiger partial charge in [0.15, 0.2) is 0 Å². The van der Waals surface area contributed by atoms with Crippen LogP contribution < -0.4 is 10.1 Å². The second kappa shape index (κ2) is 8.87. The molecule has 0 saturated carbocycles. The quantitative estimate of drug-likeness (QED) is 0.843. The summed E-state index contributed by atoms with van der Waals surface area (Å²) in [4.78, 5) is 25.9. The number of methoxy groups -OCH3 is 1. The summed E-state index contributed by atoms with van der Waals surface area (Å²) in [6.45, 7) is 3.77. The monoisotopic (exact) mass is 340 g/mol. The maximum absolute atomic E-state index is 12.3. The molecule has 132 valence electrons. The van der Waals surface area contributed by atoms with Gasteiger partial charge in [-0.2, -0.15) is 0 Å². The zero-order valence-corrected chi connectivity index (χ0v) is 14.9. The molecule has 0 radical (unpaired) electrons. The Labute approximate surface area is 148 Å². The van der Waals surface area contributed by atoms with E-state index < -0.39 is 0 Å². The highest BCUT2D eigenvalue weighted by Crippen LogP contribution is 2.20. The first-order valence-corrected chi connectivity index (χ1v) is 8.23. The number of amides is 2. The van der Waals surface area contributed by atoms with Gasteiger partial charge < -0.3 is 15.0 Å². The lowest BCUT2D eigenvalue weighted by molar-refractivity contribution is -0.136. The second-order valence-corrected chi connectivity index (χ2v) is 5.82. The molecular formula is C20H24N2O3. The Morgan fingerprint density at radius 2 is 1.72 bits per heavy atom. The zero-order valence-electron chi connectivity index (χ0n) is 14.9. The minimum Gasteiger partial charge on any atom is -0.496 e. The van der Waals surface area contributed by atoms with E-state index in [1.54, 1.807) is 12.0 Å². The predicted octanol–water partition coefficient (Wildman–Crippen LogP) is 2.92. The van der Waals surface area contributed by atoms with Crippen molar-refractivity contribution in [1.82, 2.24) is 10.2 Å². The first-order chi connectivity index (χ1) is 12.0. The molecule has 0 aliphatic carbocycles. The van der Waals surface area contributed by atoms with E-state index in [1.165, 1.54) is 6.92 Å². The molecule has 0 aliphatic heterocycles. The molecule has 2 aromatic carbocycles. The number of carbonyl (C=O) groups excluding carboxylic acids is 2. The SMILES string of the molecule is COc1ccccc1CNC(=O)CN(C(C)=O)C(C)c1ccccc1. The van der Waals surface area contributed by atoms with Crippen LogP contribution in [0.15, 0.2) is 54.6 Å². The first kappa shape index (κ1) is 18.5. The highest BCUT2D eigenvalue weighted by molar-refractivity contribution is 5.84. The maximum atomic E-state index is 12.3. The number of hydrogen-bond donors (Lipinski definition) is 1. The normalized spacial score (nSPS) is 11.5. The third-order valence-electron chi connectivity index (χ3n) is 4.14. The van der Waals surface area contributed by atoms with Crippen molar-refractivity contribution in [3.8, 4) is 5.75 Å². The van der Waals surface area contributed by atoms with E-state index in [4.69, 9.17) is 4.74 Å². The van der Waals surface area contributed by atoms with Gasteiger partial charge in [-0.15, -0.1) is 0 Å². The molecule has 5 nitrogen and oxygen atoms in total. The Morgan fingerprint density at radius 1 is 1.08 bits per heavy atom. The van der Waals surface area contributed by atoms with Gasteiger partial charge in [-0.25, -0.2) is 0 Å². The summed E-state index contributed by atoms with van der Waals surface area (Å²) in [5, 5.41) is 2.85. The number of ether oxygens (including phenoxy) is 1.